The summed E-state index contributed by atoms with van der Waals surface area (Å²) in [4.78, 5) is 1.07. The largest absolute Gasteiger partial charge is 0.243 e. The lowest BCUT2D eigenvalue weighted by molar-refractivity contribution is 0.400. The minimum absolute atomic E-state index is 0.0287. The molecule has 20 heavy (non-hydrogen) atoms. The van der Waals surface area contributed by atoms with Gasteiger partial charge in [0.1, 0.15) is 5.82 Å². The van der Waals surface area contributed by atoms with Gasteiger partial charge in [-0.05, 0) is 42.5 Å². The molecule has 6 heteroatoms. The molecule has 3 rings (SSSR count). The topological polar surface area (TPSA) is 37.4 Å². The van der Waals surface area contributed by atoms with Crippen molar-refractivity contribution in [1.82, 2.24) is 4.31 Å². The molecule has 0 spiro atoms. The lowest BCUT2D eigenvalue weighted by Crippen LogP contribution is -2.30. The standard InChI is InChI=1S/C14H14FNO2S2/c15-11-4-1-5-12(10-11)20(17,18)16-8-2-6-13(16)14-7-3-9-19-14/h1,3-5,7,9-10,13H,2,6,8H2. The van der Waals surface area contributed by atoms with Gasteiger partial charge in [0.05, 0.1) is 10.9 Å². The predicted octanol–water partition coefficient (Wildman–Crippen LogP) is 3.41. The molecule has 1 fully saturated rings. The molecule has 1 atom stereocenters. The van der Waals surface area contributed by atoms with Crippen LogP contribution in [-0.4, -0.2) is 19.3 Å². The van der Waals surface area contributed by atoms with Gasteiger partial charge in [-0.25, -0.2) is 12.8 Å². The summed E-state index contributed by atoms with van der Waals surface area (Å²) in [6.45, 7) is 0.488. The quantitative estimate of drug-likeness (QED) is 0.871. The van der Waals surface area contributed by atoms with Crippen molar-refractivity contribution >= 4 is 21.4 Å². The van der Waals surface area contributed by atoms with Crippen LogP contribution in [0.1, 0.15) is 23.8 Å². The lowest BCUT2D eigenvalue weighted by Gasteiger charge is -2.23. The Bertz CT molecular complexity index is 698. The van der Waals surface area contributed by atoms with Crippen molar-refractivity contribution in [3.63, 3.8) is 0 Å². The van der Waals surface area contributed by atoms with Crippen molar-refractivity contribution in [1.29, 1.82) is 0 Å². The van der Waals surface area contributed by atoms with Crippen LogP contribution >= 0.6 is 11.3 Å². The van der Waals surface area contributed by atoms with Gasteiger partial charge in [0.25, 0.3) is 0 Å². The van der Waals surface area contributed by atoms with Crippen molar-refractivity contribution in [2.45, 2.75) is 23.8 Å². The van der Waals surface area contributed by atoms with Gasteiger partial charge in [0, 0.05) is 11.4 Å². The number of thiophene rings is 1. The number of hydrogen-bond acceptors (Lipinski definition) is 3. The Labute approximate surface area is 121 Å². The third-order valence-electron chi connectivity index (χ3n) is 3.48. The van der Waals surface area contributed by atoms with Crippen LogP contribution in [0.3, 0.4) is 0 Å². The van der Waals surface area contributed by atoms with E-state index in [-0.39, 0.29) is 10.9 Å². The molecule has 1 aliphatic rings. The Morgan fingerprint density at radius 3 is 2.80 bits per heavy atom. The molecule has 1 saturated heterocycles. The molecule has 0 aliphatic carbocycles. The van der Waals surface area contributed by atoms with Gasteiger partial charge in [-0.3, -0.25) is 0 Å². The van der Waals surface area contributed by atoms with Gasteiger partial charge in [-0.1, -0.05) is 12.1 Å². The molecule has 0 saturated carbocycles. The molecule has 1 aromatic heterocycles. The molecule has 0 radical (unpaired) electrons. The average Bonchev–Trinajstić information content (AvgIpc) is 3.09. The van der Waals surface area contributed by atoms with Crippen molar-refractivity contribution in [2.75, 3.05) is 6.54 Å². The van der Waals surface area contributed by atoms with Crippen LogP contribution in [0, 0.1) is 5.82 Å². The molecule has 3 nitrogen and oxygen atoms in total. The van der Waals surface area contributed by atoms with E-state index in [1.54, 1.807) is 11.3 Å². The van der Waals surface area contributed by atoms with Gasteiger partial charge in [0.15, 0.2) is 0 Å². The zero-order valence-corrected chi connectivity index (χ0v) is 12.3. The summed E-state index contributed by atoms with van der Waals surface area (Å²) in [7, 11) is -3.64. The second kappa shape index (κ2) is 5.27. The van der Waals surface area contributed by atoms with E-state index in [1.807, 2.05) is 17.5 Å². The summed E-state index contributed by atoms with van der Waals surface area (Å²) < 4.78 is 40.1. The first-order chi connectivity index (χ1) is 9.59. The summed E-state index contributed by atoms with van der Waals surface area (Å²) in [6, 6.07) is 8.96. The molecular formula is C14H14FNO2S2. The molecule has 1 aliphatic heterocycles. The number of nitrogens with zero attached hydrogens (tertiary/aromatic N) is 1. The molecule has 1 aromatic carbocycles. The fourth-order valence-corrected chi connectivity index (χ4v) is 5.20. The van der Waals surface area contributed by atoms with Crippen LogP contribution < -0.4 is 0 Å². The monoisotopic (exact) mass is 311 g/mol. The van der Waals surface area contributed by atoms with Gasteiger partial charge in [-0.15, -0.1) is 11.3 Å². The van der Waals surface area contributed by atoms with Crippen molar-refractivity contribution in [3.8, 4) is 0 Å². The zero-order valence-electron chi connectivity index (χ0n) is 10.7. The summed E-state index contributed by atoms with van der Waals surface area (Å²) >= 11 is 1.56. The number of halogens is 1. The van der Waals surface area contributed by atoms with Crippen LogP contribution in [0.25, 0.3) is 0 Å². The summed E-state index contributed by atoms with van der Waals surface area (Å²) in [6.07, 6.45) is 1.65. The maximum Gasteiger partial charge on any atom is 0.243 e. The minimum atomic E-state index is -3.64. The van der Waals surface area contributed by atoms with Crippen LogP contribution in [0.2, 0.25) is 0 Å². The minimum Gasteiger partial charge on any atom is -0.207 e. The average molecular weight is 311 g/mol. The highest BCUT2D eigenvalue weighted by atomic mass is 32.2. The number of hydrogen-bond donors (Lipinski definition) is 0. The Kier molecular flexibility index (Phi) is 3.62. The van der Waals surface area contributed by atoms with E-state index in [1.165, 1.54) is 22.5 Å². The normalized spacial score (nSPS) is 20.4. The van der Waals surface area contributed by atoms with E-state index < -0.39 is 15.8 Å². The Morgan fingerprint density at radius 2 is 2.10 bits per heavy atom. The third kappa shape index (κ3) is 2.39. The second-order valence-electron chi connectivity index (χ2n) is 4.75. The van der Waals surface area contributed by atoms with Crippen molar-refractivity contribution in [3.05, 3.63) is 52.5 Å². The zero-order chi connectivity index (χ0) is 14.2. The Balaban J connectivity index is 1.98. The highest BCUT2D eigenvalue weighted by molar-refractivity contribution is 7.89. The molecule has 0 N–H and O–H groups in total. The summed E-state index contributed by atoms with van der Waals surface area (Å²) in [5.74, 6) is -0.530. The lowest BCUT2D eigenvalue weighted by atomic mass is 10.2. The fraction of sp³-hybridized carbons (Fsp3) is 0.286. The first-order valence-electron chi connectivity index (χ1n) is 6.40. The summed E-state index contributed by atoms with van der Waals surface area (Å²) in [5, 5.41) is 1.95. The van der Waals surface area contributed by atoms with Crippen LogP contribution in [-0.2, 0) is 10.0 Å². The van der Waals surface area contributed by atoms with Crippen LogP contribution in [0.15, 0.2) is 46.7 Å². The van der Waals surface area contributed by atoms with Gasteiger partial charge in [-0.2, -0.15) is 4.31 Å². The molecule has 106 valence electrons. The molecule has 2 heterocycles. The van der Waals surface area contributed by atoms with E-state index in [0.29, 0.717) is 6.54 Å². The highest BCUT2D eigenvalue weighted by Gasteiger charge is 2.36. The SMILES string of the molecule is O=S(=O)(c1cccc(F)c1)N1CCCC1c1cccs1. The predicted molar refractivity (Wildman–Crippen MR) is 76.6 cm³/mol. The fourth-order valence-electron chi connectivity index (χ4n) is 2.56. The van der Waals surface area contributed by atoms with Gasteiger partial charge < -0.3 is 0 Å². The van der Waals surface area contributed by atoms with Crippen LogP contribution in [0.4, 0.5) is 4.39 Å². The van der Waals surface area contributed by atoms with E-state index in [9.17, 15) is 12.8 Å². The number of sulfonamides is 1. The second-order valence-corrected chi connectivity index (χ2v) is 7.62. The third-order valence-corrected chi connectivity index (χ3v) is 6.36. The Hall–Kier alpha value is -1.24. The van der Waals surface area contributed by atoms with E-state index >= 15 is 0 Å². The number of rotatable bonds is 3. The molecule has 1 unspecified atom stereocenters. The van der Waals surface area contributed by atoms with E-state index in [0.717, 1.165) is 23.8 Å². The first-order valence-corrected chi connectivity index (χ1v) is 8.72. The number of benzene rings is 1. The molecule has 0 bridgehead atoms. The first kappa shape index (κ1) is 13.7. The van der Waals surface area contributed by atoms with Crippen molar-refractivity contribution < 1.29 is 12.8 Å². The Morgan fingerprint density at radius 1 is 1.25 bits per heavy atom. The molecule has 2 aromatic rings. The molecular weight excluding hydrogens is 297 g/mol. The maximum atomic E-state index is 13.3. The molecule has 0 amide bonds. The van der Waals surface area contributed by atoms with Crippen molar-refractivity contribution in [2.24, 2.45) is 0 Å². The highest BCUT2D eigenvalue weighted by Crippen LogP contribution is 2.38. The van der Waals surface area contributed by atoms with Gasteiger partial charge >= 0.3 is 0 Å². The van der Waals surface area contributed by atoms with Crippen LogP contribution in [0.5, 0.6) is 0 Å². The van der Waals surface area contributed by atoms with E-state index in [2.05, 4.69) is 0 Å². The van der Waals surface area contributed by atoms with E-state index in [4.69, 9.17) is 0 Å². The smallest absolute Gasteiger partial charge is 0.207 e. The maximum absolute atomic E-state index is 13.3. The summed E-state index contributed by atoms with van der Waals surface area (Å²) in [5.41, 5.74) is 0. The van der Waals surface area contributed by atoms with Gasteiger partial charge in [0.2, 0.25) is 10.0 Å².